The van der Waals surface area contributed by atoms with E-state index in [1.54, 1.807) is 7.11 Å². The number of hydrogen-bond acceptors (Lipinski definition) is 4. The number of benzene rings is 1. The van der Waals surface area contributed by atoms with Crippen LogP contribution in [0.5, 0.6) is 0 Å². The summed E-state index contributed by atoms with van der Waals surface area (Å²) in [7, 11) is 3.73. The maximum atomic E-state index is 12.0. The van der Waals surface area contributed by atoms with Crippen molar-refractivity contribution >= 4 is 5.91 Å². The second-order valence-corrected chi connectivity index (χ2v) is 5.33. The Morgan fingerprint density at radius 2 is 2.00 bits per heavy atom. The van der Waals surface area contributed by atoms with Crippen molar-refractivity contribution in [1.29, 1.82) is 0 Å². The number of hydrogen-bond donors (Lipinski definition) is 2. The molecule has 0 saturated heterocycles. The SMILES string of the molecule is COCCCN(C)CCNC(=O)C(N)c1ccc(C)cc1. The highest BCUT2D eigenvalue weighted by atomic mass is 16.5. The van der Waals surface area contributed by atoms with Gasteiger partial charge >= 0.3 is 0 Å². The number of nitrogens with zero attached hydrogens (tertiary/aromatic N) is 1. The molecule has 1 aromatic rings. The Balaban J connectivity index is 2.28. The monoisotopic (exact) mass is 293 g/mol. The van der Waals surface area contributed by atoms with Crippen molar-refractivity contribution < 1.29 is 9.53 Å². The first kappa shape index (κ1) is 17.6. The van der Waals surface area contributed by atoms with Crippen LogP contribution in [0.2, 0.25) is 0 Å². The molecule has 0 fully saturated rings. The lowest BCUT2D eigenvalue weighted by atomic mass is 10.1. The molecule has 0 bridgehead atoms. The Morgan fingerprint density at radius 1 is 1.33 bits per heavy atom. The zero-order chi connectivity index (χ0) is 15.7. The van der Waals surface area contributed by atoms with Crippen molar-refractivity contribution in [3.05, 3.63) is 35.4 Å². The third-order valence-electron chi connectivity index (χ3n) is 3.40. The third kappa shape index (κ3) is 6.71. The van der Waals surface area contributed by atoms with Crippen molar-refractivity contribution in [3.63, 3.8) is 0 Å². The molecule has 0 aliphatic carbocycles. The molecular formula is C16H27N3O2. The van der Waals surface area contributed by atoms with Crippen LogP contribution < -0.4 is 11.1 Å². The van der Waals surface area contributed by atoms with E-state index in [-0.39, 0.29) is 5.91 Å². The van der Waals surface area contributed by atoms with Crippen LogP contribution in [0.15, 0.2) is 24.3 Å². The Kier molecular flexibility index (Phi) is 7.97. The predicted octanol–water partition coefficient (Wildman–Crippen LogP) is 1.08. The Labute approximate surface area is 127 Å². The molecule has 1 unspecified atom stereocenters. The molecule has 118 valence electrons. The summed E-state index contributed by atoms with van der Waals surface area (Å²) in [6, 6.07) is 7.12. The zero-order valence-corrected chi connectivity index (χ0v) is 13.3. The molecule has 0 radical (unpaired) electrons. The van der Waals surface area contributed by atoms with Crippen LogP contribution in [-0.4, -0.2) is 51.2 Å². The van der Waals surface area contributed by atoms with Gasteiger partial charge in [-0.05, 0) is 26.0 Å². The minimum atomic E-state index is -0.607. The number of methoxy groups -OCH3 is 1. The first-order valence-corrected chi connectivity index (χ1v) is 7.32. The van der Waals surface area contributed by atoms with E-state index < -0.39 is 6.04 Å². The van der Waals surface area contributed by atoms with Crippen LogP contribution in [0, 0.1) is 6.92 Å². The quantitative estimate of drug-likeness (QED) is 0.669. The number of carbonyl (C=O) groups excluding carboxylic acids is 1. The molecule has 0 saturated carbocycles. The summed E-state index contributed by atoms with van der Waals surface area (Å²) in [4.78, 5) is 14.2. The largest absolute Gasteiger partial charge is 0.385 e. The second kappa shape index (κ2) is 9.50. The summed E-state index contributed by atoms with van der Waals surface area (Å²) in [5.74, 6) is -0.135. The molecule has 5 heteroatoms. The molecule has 3 N–H and O–H groups in total. The van der Waals surface area contributed by atoms with Crippen LogP contribution in [0.1, 0.15) is 23.6 Å². The second-order valence-electron chi connectivity index (χ2n) is 5.33. The van der Waals surface area contributed by atoms with Gasteiger partial charge < -0.3 is 20.7 Å². The number of likely N-dealkylation sites (N-methyl/N-ethyl adjacent to an activating group) is 1. The van der Waals surface area contributed by atoms with Crippen molar-refractivity contribution in [2.45, 2.75) is 19.4 Å². The smallest absolute Gasteiger partial charge is 0.241 e. The molecule has 0 heterocycles. The summed E-state index contributed by atoms with van der Waals surface area (Å²) < 4.78 is 5.01. The highest BCUT2D eigenvalue weighted by molar-refractivity contribution is 5.82. The lowest BCUT2D eigenvalue weighted by Gasteiger charge is -2.18. The minimum absolute atomic E-state index is 0.135. The van der Waals surface area contributed by atoms with Crippen molar-refractivity contribution in [1.82, 2.24) is 10.2 Å². The average molecular weight is 293 g/mol. The van der Waals surface area contributed by atoms with Gasteiger partial charge in [-0.15, -0.1) is 0 Å². The number of rotatable bonds is 9. The van der Waals surface area contributed by atoms with E-state index in [1.807, 2.05) is 38.2 Å². The lowest BCUT2D eigenvalue weighted by molar-refractivity contribution is -0.122. The maximum Gasteiger partial charge on any atom is 0.241 e. The van der Waals surface area contributed by atoms with Gasteiger partial charge in [0.2, 0.25) is 5.91 Å². The first-order valence-electron chi connectivity index (χ1n) is 7.32. The Bertz CT molecular complexity index is 420. The number of ether oxygens (including phenoxy) is 1. The van der Waals surface area contributed by atoms with Gasteiger partial charge in [0.15, 0.2) is 0 Å². The number of carbonyl (C=O) groups is 1. The fraction of sp³-hybridized carbons (Fsp3) is 0.562. The normalized spacial score (nSPS) is 12.4. The molecule has 1 rings (SSSR count). The van der Waals surface area contributed by atoms with Crippen molar-refractivity contribution in [2.75, 3.05) is 40.4 Å². The molecule has 21 heavy (non-hydrogen) atoms. The third-order valence-corrected chi connectivity index (χ3v) is 3.40. The fourth-order valence-electron chi connectivity index (χ4n) is 2.00. The molecule has 0 aliphatic heterocycles. The topological polar surface area (TPSA) is 67.6 Å². The van der Waals surface area contributed by atoms with E-state index in [2.05, 4.69) is 10.2 Å². The molecular weight excluding hydrogens is 266 g/mol. The van der Waals surface area contributed by atoms with Gasteiger partial charge in [-0.3, -0.25) is 4.79 Å². The highest BCUT2D eigenvalue weighted by Gasteiger charge is 2.14. The fourth-order valence-corrected chi connectivity index (χ4v) is 2.00. The summed E-state index contributed by atoms with van der Waals surface area (Å²) in [5, 5.41) is 2.88. The number of nitrogens with one attached hydrogen (secondary N) is 1. The van der Waals surface area contributed by atoms with E-state index in [1.165, 1.54) is 0 Å². The summed E-state index contributed by atoms with van der Waals surface area (Å²) in [6.45, 7) is 5.12. The summed E-state index contributed by atoms with van der Waals surface area (Å²) in [6.07, 6.45) is 0.990. The van der Waals surface area contributed by atoms with Crippen LogP contribution in [0.25, 0.3) is 0 Å². The van der Waals surface area contributed by atoms with Gasteiger partial charge in [0.25, 0.3) is 0 Å². The highest BCUT2D eigenvalue weighted by Crippen LogP contribution is 2.11. The van der Waals surface area contributed by atoms with E-state index in [4.69, 9.17) is 10.5 Å². The van der Waals surface area contributed by atoms with Crippen LogP contribution in [-0.2, 0) is 9.53 Å². The standard InChI is InChI=1S/C16H27N3O2/c1-13-5-7-14(8-6-13)15(17)16(20)18-9-11-19(2)10-4-12-21-3/h5-8,15H,4,9-12,17H2,1-3H3,(H,18,20). The molecule has 0 aliphatic rings. The molecule has 5 nitrogen and oxygen atoms in total. The van der Waals surface area contributed by atoms with Crippen LogP contribution in [0.4, 0.5) is 0 Å². The van der Waals surface area contributed by atoms with Gasteiger partial charge in [0.05, 0.1) is 0 Å². The predicted molar refractivity (Wildman–Crippen MR) is 85.1 cm³/mol. The number of amides is 1. The van der Waals surface area contributed by atoms with E-state index in [0.717, 1.165) is 37.2 Å². The van der Waals surface area contributed by atoms with Crippen LogP contribution >= 0.6 is 0 Å². The Morgan fingerprint density at radius 3 is 2.62 bits per heavy atom. The molecule has 1 amide bonds. The Hall–Kier alpha value is -1.43. The molecule has 1 atom stereocenters. The van der Waals surface area contributed by atoms with E-state index in [9.17, 15) is 4.79 Å². The number of nitrogens with two attached hydrogens (primary N) is 1. The van der Waals surface area contributed by atoms with Gasteiger partial charge in [0.1, 0.15) is 6.04 Å². The molecule has 1 aromatic carbocycles. The van der Waals surface area contributed by atoms with Crippen LogP contribution in [0.3, 0.4) is 0 Å². The first-order chi connectivity index (χ1) is 10.0. The van der Waals surface area contributed by atoms with Crippen molar-refractivity contribution in [2.24, 2.45) is 5.73 Å². The van der Waals surface area contributed by atoms with Gasteiger partial charge in [-0.25, -0.2) is 0 Å². The lowest BCUT2D eigenvalue weighted by Crippen LogP contribution is -2.38. The van der Waals surface area contributed by atoms with E-state index in [0.29, 0.717) is 6.54 Å². The van der Waals surface area contributed by atoms with Gasteiger partial charge in [0, 0.05) is 33.4 Å². The zero-order valence-electron chi connectivity index (χ0n) is 13.3. The van der Waals surface area contributed by atoms with Gasteiger partial charge in [-0.1, -0.05) is 29.8 Å². The average Bonchev–Trinajstić information content (AvgIpc) is 2.47. The maximum absolute atomic E-state index is 12.0. The van der Waals surface area contributed by atoms with E-state index >= 15 is 0 Å². The minimum Gasteiger partial charge on any atom is -0.385 e. The summed E-state index contributed by atoms with van der Waals surface area (Å²) in [5.41, 5.74) is 7.96. The molecule has 0 spiro atoms. The molecule has 0 aromatic heterocycles. The summed E-state index contributed by atoms with van der Waals surface area (Å²) >= 11 is 0. The number of aryl methyl sites for hydroxylation is 1. The van der Waals surface area contributed by atoms with Gasteiger partial charge in [-0.2, -0.15) is 0 Å². The van der Waals surface area contributed by atoms with Crippen molar-refractivity contribution in [3.8, 4) is 0 Å².